The highest BCUT2D eigenvalue weighted by Gasteiger charge is 2.08. The lowest BCUT2D eigenvalue weighted by Crippen LogP contribution is -2.17. The number of rotatable bonds is 2. The summed E-state index contributed by atoms with van der Waals surface area (Å²) in [7, 11) is 4.04. The summed E-state index contributed by atoms with van der Waals surface area (Å²) in [5.41, 5.74) is 0.963. The molecule has 0 saturated heterocycles. The van der Waals surface area contributed by atoms with Crippen LogP contribution in [0.1, 0.15) is 18.7 Å². The average molecular weight is 138 g/mol. The quantitative estimate of drug-likeness (QED) is 0.656. The first-order valence-electron chi connectivity index (χ1n) is 3.29. The van der Waals surface area contributed by atoms with Crippen molar-refractivity contribution in [2.75, 3.05) is 14.1 Å². The molecule has 3 heteroatoms. The number of H-pyrrole nitrogens is 1. The molecule has 0 aliphatic heterocycles. The van der Waals surface area contributed by atoms with E-state index in [0.29, 0.717) is 6.04 Å². The molecule has 0 aliphatic carbocycles. The van der Waals surface area contributed by atoms with Gasteiger partial charge in [-0.2, -0.15) is 5.10 Å². The molecule has 1 atom stereocenters. The van der Waals surface area contributed by atoms with E-state index in [1.54, 1.807) is 6.20 Å². The predicted molar refractivity (Wildman–Crippen MR) is 39.5 cm³/mol. The van der Waals surface area contributed by atoms with E-state index in [2.05, 4.69) is 28.1 Å². The first-order valence-corrected chi connectivity index (χ1v) is 3.29. The molecule has 55 valence electrons. The van der Waals surface area contributed by atoms with Crippen LogP contribution >= 0.6 is 0 Å². The highest BCUT2D eigenvalue weighted by molar-refractivity contribution is 5.00. The topological polar surface area (TPSA) is 31.9 Å². The third-order valence-corrected chi connectivity index (χ3v) is 1.64. The molecule has 0 saturated carbocycles. The Morgan fingerprint density at radius 2 is 2.40 bits per heavy atom. The fourth-order valence-electron chi connectivity index (χ4n) is 0.699. The zero-order valence-electron chi connectivity index (χ0n) is 6.55. The lowest BCUT2D eigenvalue weighted by atomic mass is 10.2. The van der Waals surface area contributed by atoms with Gasteiger partial charge in [-0.15, -0.1) is 0 Å². The first-order chi connectivity index (χ1) is 4.72. The van der Waals surface area contributed by atoms with Crippen molar-refractivity contribution in [1.82, 2.24) is 15.1 Å². The van der Waals surface area contributed by atoms with Crippen LogP contribution in [0.5, 0.6) is 0 Å². The summed E-state index contributed by atoms with van der Waals surface area (Å²) in [4.78, 5) is 2.09. The Hall–Kier alpha value is -0.830. The van der Waals surface area contributed by atoms with Crippen molar-refractivity contribution in [2.24, 2.45) is 0 Å². The Bertz CT molecular complexity index is 179. The van der Waals surface area contributed by atoms with Crippen molar-refractivity contribution >= 4 is 0 Å². The number of nitrogens with zero attached hydrogens (tertiary/aromatic N) is 2. The molecule has 10 heavy (non-hydrogen) atoms. The third kappa shape index (κ3) is 1.36. The zero-order valence-corrected chi connectivity index (χ0v) is 6.55. The summed E-state index contributed by atoms with van der Waals surface area (Å²) >= 11 is 0. The summed E-state index contributed by atoms with van der Waals surface area (Å²) in [6.45, 7) is 2.09. The SMILES string of the molecule is CC(c1[c]c[nH]n1)N(C)C. The summed E-state index contributed by atoms with van der Waals surface area (Å²) < 4.78 is 0. The van der Waals surface area contributed by atoms with Crippen LogP contribution in [0.2, 0.25) is 0 Å². The first kappa shape index (κ1) is 7.28. The molecule has 0 aromatic carbocycles. The molecule has 0 fully saturated rings. The summed E-state index contributed by atoms with van der Waals surface area (Å²) in [5.74, 6) is 0. The molecule has 0 amide bonds. The molecule has 3 nitrogen and oxygen atoms in total. The van der Waals surface area contributed by atoms with Crippen molar-refractivity contribution < 1.29 is 0 Å². The predicted octanol–water partition coefficient (Wildman–Crippen LogP) is 0.832. The maximum Gasteiger partial charge on any atom is 0.0870 e. The Kier molecular flexibility index (Phi) is 2.06. The maximum atomic E-state index is 4.02. The van der Waals surface area contributed by atoms with E-state index in [-0.39, 0.29) is 0 Å². The number of aromatic amines is 1. The van der Waals surface area contributed by atoms with Gasteiger partial charge in [0.1, 0.15) is 0 Å². The Balaban J connectivity index is 2.68. The highest BCUT2D eigenvalue weighted by atomic mass is 15.2. The van der Waals surface area contributed by atoms with Crippen LogP contribution in [0.4, 0.5) is 0 Å². The molecule has 1 N–H and O–H groups in total. The monoisotopic (exact) mass is 138 g/mol. The van der Waals surface area contributed by atoms with Gasteiger partial charge >= 0.3 is 0 Å². The summed E-state index contributed by atoms with van der Waals surface area (Å²) in [6.07, 6.45) is 1.72. The summed E-state index contributed by atoms with van der Waals surface area (Å²) in [6, 6.07) is 3.35. The van der Waals surface area contributed by atoms with Crippen molar-refractivity contribution in [2.45, 2.75) is 13.0 Å². The van der Waals surface area contributed by atoms with Gasteiger partial charge in [-0.05, 0) is 21.0 Å². The second kappa shape index (κ2) is 2.84. The van der Waals surface area contributed by atoms with Gasteiger partial charge in [0.05, 0.1) is 11.7 Å². The van der Waals surface area contributed by atoms with Crippen LogP contribution < -0.4 is 0 Å². The van der Waals surface area contributed by atoms with Gasteiger partial charge in [-0.1, -0.05) is 0 Å². The second-order valence-corrected chi connectivity index (χ2v) is 2.55. The largest absolute Gasteiger partial charge is 0.301 e. The molecule has 1 rings (SSSR count). The molecular weight excluding hydrogens is 126 g/mol. The number of hydrogen-bond donors (Lipinski definition) is 1. The minimum Gasteiger partial charge on any atom is -0.301 e. The molecule has 0 aliphatic rings. The normalized spacial score (nSPS) is 14.0. The average Bonchev–Trinajstić information content (AvgIpc) is 2.36. The van der Waals surface area contributed by atoms with E-state index >= 15 is 0 Å². The number of nitrogens with one attached hydrogen (secondary N) is 1. The van der Waals surface area contributed by atoms with E-state index in [4.69, 9.17) is 0 Å². The highest BCUT2D eigenvalue weighted by Crippen LogP contribution is 2.11. The molecule has 0 spiro atoms. The molecule has 1 aromatic rings. The van der Waals surface area contributed by atoms with Gasteiger partial charge in [0.2, 0.25) is 0 Å². The van der Waals surface area contributed by atoms with E-state index in [1.807, 2.05) is 14.1 Å². The summed E-state index contributed by atoms with van der Waals surface area (Å²) in [5, 5.41) is 6.75. The van der Waals surface area contributed by atoms with Crippen LogP contribution in [-0.4, -0.2) is 29.2 Å². The van der Waals surface area contributed by atoms with Crippen molar-refractivity contribution in [1.29, 1.82) is 0 Å². The lowest BCUT2D eigenvalue weighted by molar-refractivity contribution is 0.314. The van der Waals surface area contributed by atoms with Crippen LogP contribution in [0, 0.1) is 6.07 Å². The standard InChI is InChI=1S/C7H12N3/c1-6(10(2)3)7-4-5-8-9-7/h5-6H,1-3H3,(H,8,9). The fourth-order valence-corrected chi connectivity index (χ4v) is 0.699. The van der Waals surface area contributed by atoms with Gasteiger partial charge in [-0.3, -0.25) is 5.10 Å². The number of hydrogen-bond acceptors (Lipinski definition) is 2. The third-order valence-electron chi connectivity index (χ3n) is 1.64. The minimum absolute atomic E-state index is 0.339. The molecular formula is C7H12N3. The molecule has 1 aromatic heterocycles. The fraction of sp³-hybridized carbons (Fsp3) is 0.571. The van der Waals surface area contributed by atoms with Gasteiger partial charge in [0.15, 0.2) is 0 Å². The van der Waals surface area contributed by atoms with Gasteiger partial charge in [0, 0.05) is 12.3 Å². The minimum atomic E-state index is 0.339. The van der Waals surface area contributed by atoms with E-state index in [9.17, 15) is 0 Å². The smallest absolute Gasteiger partial charge is 0.0870 e. The van der Waals surface area contributed by atoms with Crippen LogP contribution in [-0.2, 0) is 0 Å². The Labute approximate surface area is 61.0 Å². The van der Waals surface area contributed by atoms with E-state index in [0.717, 1.165) is 5.69 Å². The van der Waals surface area contributed by atoms with Crippen molar-refractivity contribution in [3.05, 3.63) is 18.0 Å². The van der Waals surface area contributed by atoms with Crippen LogP contribution in [0.25, 0.3) is 0 Å². The van der Waals surface area contributed by atoms with Gasteiger partial charge < -0.3 is 4.90 Å². The van der Waals surface area contributed by atoms with Crippen molar-refractivity contribution in [3.8, 4) is 0 Å². The molecule has 1 heterocycles. The Morgan fingerprint density at radius 1 is 1.70 bits per heavy atom. The van der Waals surface area contributed by atoms with Gasteiger partial charge in [-0.25, -0.2) is 0 Å². The molecule has 1 radical (unpaired) electrons. The van der Waals surface area contributed by atoms with E-state index < -0.39 is 0 Å². The zero-order chi connectivity index (χ0) is 7.56. The molecule has 1 unspecified atom stereocenters. The maximum absolute atomic E-state index is 4.02. The van der Waals surface area contributed by atoms with Crippen LogP contribution in [0.3, 0.4) is 0 Å². The Morgan fingerprint density at radius 3 is 2.80 bits per heavy atom. The van der Waals surface area contributed by atoms with Crippen molar-refractivity contribution in [3.63, 3.8) is 0 Å². The molecule has 0 bridgehead atoms. The lowest BCUT2D eigenvalue weighted by Gasteiger charge is -2.16. The van der Waals surface area contributed by atoms with Crippen LogP contribution in [0.15, 0.2) is 6.20 Å². The van der Waals surface area contributed by atoms with E-state index in [1.165, 1.54) is 0 Å². The number of aromatic nitrogens is 2. The second-order valence-electron chi connectivity index (χ2n) is 2.55. The van der Waals surface area contributed by atoms with Gasteiger partial charge in [0.25, 0.3) is 0 Å².